The minimum absolute atomic E-state index is 0.00111. The molecule has 0 aliphatic heterocycles. The fourth-order valence-corrected chi connectivity index (χ4v) is 0.900. The largest absolute Gasteiger partial charge is 0.463 e. The second kappa shape index (κ2) is 11.5. The Morgan fingerprint density at radius 2 is 1.24 bits per heavy atom. The molecule has 0 rings (SSSR count). The second-order valence-corrected chi connectivity index (χ2v) is 3.32. The van der Waals surface area contributed by atoms with Crippen LogP contribution >= 0.6 is 0 Å². The van der Waals surface area contributed by atoms with E-state index in [1.54, 1.807) is 0 Å². The molecule has 0 amide bonds. The lowest BCUT2D eigenvalue weighted by atomic mass is 10.5. The van der Waals surface area contributed by atoms with Gasteiger partial charge >= 0.3 is 5.97 Å². The average molecular weight is 248 g/mol. The van der Waals surface area contributed by atoms with Gasteiger partial charge in [0.2, 0.25) is 0 Å². The molecule has 0 aliphatic carbocycles. The highest BCUT2D eigenvalue weighted by Gasteiger charge is 1.95. The molecule has 0 fully saturated rings. The van der Waals surface area contributed by atoms with E-state index in [1.165, 1.54) is 13.8 Å². The van der Waals surface area contributed by atoms with Crippen LogP contribution in [0, 0.1) is 0 Å². The van der Waals surface area contributed by atoms with Crippen molar-refractivity contribution >= 4 is 11.8 Å². The van der Waals surface area contributed by atoms with Gasteiger partial charge in [0.05, 0.1) is 33.0 Å². The summed E-state index contributed by atoms with van der Waals surface area (Å²) in [6.07, 6.45) is 0. The fraction of sp³-hybridized carbons (Fsp3) is 0.818. The third-order valence-corrected chi connectivity index (χ3v) is 1.58. The topological polar surface area (TPSA) is 71.1 Å². The van der Waals surface area contributed by atoms with Gasteiger partial charge < -0.3 is 18.9 Å². The minimum atomic E-state index is -0.313. The summed E-state index contributed by atoms with van der Waals surface area (Å²) >= 11 is 0. The van der Waals surface area contributed by atoms with E-state index in [-0.39, 0.29) is 25.0 Å². The molecule has 6 nitrogen and oxygen atoms in total. The number of carbonyl (C=O) groups is 2. The van der Waals surface area contributed by atoms with Gasteiger partial charge in [-0.1, -0.05) is 0 Å². The minimum Gasteiger partial charge on any atom is -0.463 e. The molecule has 0 aliphatic rings. The van der Waals surface area contributed by atoms with E-state index in [2.05, 4.69) is 4.74 Å². The molecule has 0 bridgehead atoms. The summed E-state index contributed by atoms with van der Waals surface area (Å²) in [4.78, 5) is 20.9. The first-order valence-electron chi connectivity index (χ1n) is 5.49. The molecule has 6 heteroatoms. The van der Waals surface area contributed by atoms with E-state index in [0.29, 0.717) is 33.0 Å². The summed E-state index contributed by atoms with van der Waals surface area (Å²) in [7, 11) is 0. The highest BCUT2D eigenvalue weighted by atomic mass is 16.6. The standard InChI is InChI=1S/C11H20O6/c1-10(12)9-16-6-5-14-3-4-15-7-8-17-11(2)13/h3-9H2,1-2H3. The third-order valence-electron chi connectivity index (χ3n) is 1.58. The molecule has 100 valence electrons. The molecule has 0 saturated heterocycles. The lowest BCUT2D eigenvalue weighted by molar-refractivity contribution is -0.142. The monoisotopic (exact) mass is 248 g/mol. The summed E-state index contributed by atoms with van der Waals surface area (Å²) in [5.41, 5.74) is 0. The van der Waals surface area contributed by atoms with E-state index >= 15 is 0 Å². The average Bonchev–Trinajstić information content (AvgIpc) is 2.25. The Labute approximate surface area is 101 Å². The van der Waals surface area contributed by atoms with Crippen LogP contribution in [0.4, 0.5) is 0 Å². The smallest absolute Gasteiger partial charge is 0.302 e. The van der Waals surface area contributed by atoms with Crippen molar-refractivity contribution in [3.63, 3.8) is 0 Å². The Hall–Kier alpha value is -0.980. The molecule has 0 aromatic carbocycles. The Morgan fingerprint density at radius 3 is 1.71 bits per heavy atom. The maximum atomic E-state index is 10.5. The predicted molar refractivity (Wildman–Crippen MR) is 59.8 cm³/mol. The van der Waals surface area contributed by atoms with Crippen molar-refractivity contribution in [2.45, 2.75) is 13.8 Å². The van der Waals surface area contributed by atoms with Crippen LogP contribution in [-0.4, -0.2) is 58.0 Å². The molecule has 17 heavy (non-hydrogen) atoms. The predicted octanol–water partition coefficient (Wildman–Crippen LogP) is 0.188. The van der Waals surface area contributed by atoms with Gasteiger partial charge in [-0.15, -0.1) is 0 Å². The number of esters is 1. The van der Waals surface area contributed by atoms with Crippen LogP contribution in [0.3, 0.4) is 0 Å². The van der Waals surface area contributed by atoms with Gasteiger partial charge in [0, 0.05) is 6.92 Å². The van der Waals surface area contributed by atoms with Crippen molar-refractivity contribution in [3.05, 3.63) is 0 Å². The van der Waals surface area contributed by atoms with Gasteiger partial charge in [-0.3, -0.25) is 9.59 Å². The number of ketones is 1. The van der Waals surface area contributed by atoms with E-state index < -0.39 is 0 Å². The SMILES string of the molecule is CC(=O)COCCOCCOCCOC(C)=O. The quantitative estimate of drug-likeness (QED) is 0.384. The molecule has 0 atom stereocenters. The van der Waals surface area contributed by atoms with E-state index in [1.807, 2.05) is 0 Å². The van der Waals surface area contributed by atoms with Gasteiger partial charge in [-0.2, -0.15) is 0 Å². The Bertz CT molecular complexity index is 194. The molecule has 0 saturated carbocycles. The van der Waals surface area contributed by atoms with Crippen LogP contribution in [-0.2, 0) is 28.5 Å². The Morgan fingerprint density at radius 1 is 0.765 bits per heavy atom. The Kier molecular flexibility index (Phi) is 10.8. The number of ether oxygens (including phenoxy) is 4. The fourth-order valence-electron chi connectivity index (χ4n) is 0.900. The van der Waals surface area contributed by atoms with Crippen molar-refractivity contribution in [2.24, 2.45) is 0 Å². The van der Waals surface area contributed by atoms with Crippen LogP contribution < -0.4 is 0 Å². The number of hydrogen-bond acceptors (Lipinski definition) is 6. The first kappa shape index (κ1) is 16.0. The zero-order chi connectivity index (χ0) is 12.9. The van der Waals surface area contributed by atoms with Crippen molar-refractivity contribution in [1.29, 1.82) is 0 Å². The maximum Gasteiger partial charge on any atom is 0.302 e. The number of hydrogen-bond donors (Lipinski definition) is 0. The van der Waals surface area contributed by atoms with Crippen molar-refractivity contribution in [3.8, 4) is 0 Å². The number of rotatable bonds is 11. The Balaban J connectivity index is 2.98. The van der Waals surface area contributed by atoms with Gasteiger partial charge in [-0.05, 0) is 6.92 Å². The van der Waals surface area contributed by atoms with Crippen molar-refractivity contribution in [2.75, 3.05) is 46.2 Å². The van der Waals surface area contributed by atoms with Crippen molar-refractivity contribution in [1.82, 2.24) is 0 Å². The van der Waals surface area contributed by atoms with Crippen molar-refractivity contribution < 1.29 is 28.5 Å². The summed E-state index contributed by atoms with van der Waals surface area (Å²) in [5.74, 6) is -0.314. The highest BCUT2D eigenvalue weighted by Crippen LogP contribution is 1.83. The third kappa shape index (κ3) is 15.0. The van der Waals surface area contributed by atoms with Gasteiger partial charge in [-0.25, -0.2) is 0 Å². The summed E-state index contributed by atoms with van der Waals surface area (Å²) in [6, 6.07) is 0. The molecular formula is C11H20O6. The lowest BCUT2D eigenvalue weighted by Gasteiger charge is -2.06. The second-order valence-electron chi connectivity index (χ2n) is 3.32. The van der Waals surface area contributed by atoms with Gasteiger partial charge in [0.15, 0.2) is 5.78 Å². The number of Topliss-reactive ketones (excluding diaryl/α,β-unsaturated/α-hetero) is 1. The lowest BCUT2D eigenvalue weighted by Crippen LogP contribution is -2.13. The molecule has 0 heterocycles. The van der Waals surface area contributed by atoms with Crippen LogP contribution in [0.25, 0.3) is 0 Å². The maximum absolute atomic E-state index is 10.5. The zero-order valence-corrected chi connectivity index (χ0v) is 10.4. The normalized spacial score (nSPS) is 10.2. The molecule has 0 spiro atoms. The van der Waals surface area contributed by atoms with E-state index in [4.69, 9.17) is 14.2 Å². The molecular weight excluding hydrogens is 228 g/mol. The highest BCUT2D eigenvalue weighted by molar-refractivity contribution is 5.76. The molecule has 0 aromatic heterocycles. The molecule has 0 unspecified atom stereocenters. The van der Waals surface area contributed by atoms with Crippen LogP contribution in [0.5, 0.6) is 0 Å². The van der Waals surface area contributed by atoms with Gasteiger partial charge in [0.1, 0.15) is 13.2 Å². The summed E-state index contributed by atoms with van der Waals surface area (Å²) < 4.78 is 20.0. The number of carbonyl (C=O) groups excluding carboxylic acids is 2. The van der Waals surface area contributed by atoms with Crippen LogP contribution in [0.2, 0.25) is 0 Å². The first-order chi connectivity index (χ1) is 8.13. The summed E-state index contributed by atoms with van der Waals surface area (Å²) in [5, 5.41) is 0. The zero-order valence-electron chi connectivity index (χ0n) is 10.4. The van der Waals surface area contributed by atoms with Crippen LogP contribution in [0.1, 0.15) is 13.8 Å². The van der Waals surface area contributed by atoms with Gasteiger partial charge in [0.25, 0.3) is 0 Å². The van der Waals surface area contributed by atoms with E-state index in [9.17, 15) is 9.59 Å². The first-order valence-corrected chi connectivity index (χ1v) is 5.49. The molecule has 0 radical (unpaired) electrons. The van der Waals surface area contributed by atoms with Crippen LogP contribution in [0.15, 0.2) is 0 Å². The molecule has 0 aromatic rings. The summed E-state index contributed by atoms with van der Waals surface area (Å²) in [6.45, 7) is 5.29. The molecule has 0 N–H and O–H groups in total. The van der Waals surface area contributed by atoms with E-state index in [0.717, 1.165) is 0 Å².